The Bertz CT molecular complexity index is 786. The molecule has 0 saturated carbocycles. The van der Waals surface area contributed by atoms with Gasteiger partial charge in [0.15, 0.2) is 5.82 Å². The fourth-order valence-electron chi connectivity index (χ4n) is 2.86. The van der Waals surface area contributed by atoms with Crippen LogP contribution in [0.1, 0.15) is 18.6 Å². The molecule has 4 heterocycles. The van der Waals surface area contributed by atoms with E-state index in [1.807, 2.05) is 17.7 Å². The fraction of sp³-hybridized carbons (Fsp3) is 0.429. The number of rotatable bonds is 3. The maximum Gasteiger partial charge on any atom is 0.227 e. The molecule has 0 fully saturated rings. The monoisotopic (exact) mass is 299 g/mol. The van der Waals surface area contributed by atoms with Crippen molar-refractivity contribution in [2.24, 2.45) is 0 Å². The molecular formula is C14H17N7O. The first-order valence-corrected chi connectivity index (χ1v) is 7.37. The van der Waals surface area contributed by atoms with Crippen molar-refractivity contribution < 1.29 is 4.42 Å². The number of anilines is 1. The van der Waals surface area contributed by atoms with Crippen molar-refractivity contribution in [3.63, 3.8) is 0 Å². The summed E-state index contributed by atoms with van der Waals surface area (Å²) in [5.74, 6) is 3.48. The molecule has 0 atom stereocenters. The van der Waals surface area contributed by atoms with Crippen molar-refractivity contribution in [3.05, 3.63) is 30.2 Å². The fourth-order valence-corrected chi connectivity index (χ4v) is 2.86. The summed E-state index contributed by atoms with van der Waals surface area (Å²) in [6.45, 7) is 7.16. The Labute approximate surface area is 127 Å². The van der Waals surface area contributed by atoms with Crippen molar-refractivity contribution in [1.82, 2.24) is 29.5 Å². The van der Waals surface area contributed by atoms with E-state index in [-0.39, 0.29) is 0 Å². The molecule has 0 saturated heterocycles. The summed E-state index contributed by atoms with van der Waals surface area (Å²) in [6.07, 6.45) is 3.34. The third-order valence-electron chi connectivity index (χ3n) is 3.88. The van der Waals surface area contributed by atoms with Gasteiger partial charge in [0.25, 0.3) is 0 Å². The molecular weight excluding hydrogens is 282 g/mol. The zero-order chi connectivity index (χ0) is 15.1. The Balaban J connectivity index is 1.69. The van der Waals surface area contributed by atoms with E-state index in [0.717, 1.165) is 48.6 Å². The van der Waals surface area contributed by atoms with E-state index in [9.17, 15) is 0 Å². The van der Waals surface area contributed by atoms with Crippen molar-refractivity contribution >= 4 is 5.95 Å². The molecule has 0 radical (unpaired) electrons. The van der Waals surface area contributed by atoms with Gasteiger partial charge in [-0.1, -0.05) is 0 Å². The number of hydrogen-bond donors (Lipinski definition) is 0. The Morgan fingerprint density at radius 1 is 1.27 bits per heavy atom. The molecule has 8 nitrogen and oxygen atoms in total. The Morgan fingerprint density at radius 3 is 2.95 bits per heavy atom. The first-order valence-electron chi connectivity index (χ1n) is 7.37. The van der Waals surface area contributed by atoms with E-state index in [2.05, 4.69) is 36.7 Å². The van der Waals surface area contributed by atoms with Gasteiger partial charge in [0.05, 0.1) is 24.9 Å². The summed E-state index contributed by atoms with van der Waals surface area (Å²) in [5, 5.41) is 13.1. The minimum absolute atomic E-state index is 0.699. The van der Waals surface area contributed by atoms with Crippen LogP contribution in [-0.2, 0) is 19.6 Å². The Morgan fingerprint density at radius 2 is 2.18 bits per heavy atom. The molecule has 0 N–H and O–H groups in total. The smallest absolute Gasteiger partial charge is 0.227 e. The van der Waals surface area contributed by atoms with Crippen molar-refractivity contribution in [2.45, 2.75) is 33.5 Å². The zero-order valence-corrected chi connectivity index (χ0v) is 12.6. The summed E-state index contributed by atoms with van der Waals surface area (Å²) < 4.78 is 9.22. The van der Waals surface area contributed by atoms with Crippen LogP contribution in [0.3, 0.4) is 0 Å². The number of furan rings is 1. The van der Waals surface area contributed by atoms with E-state index in [0.29, 0.717) is 6.54 Å². The molecule has 0 bridgehead atoms. The van der Waals surface area contributed by atoms with Crippen LogP contribution < -0.4 is 4.90 Å². The zero-order valence-electron chi connectivity index (χ0n) is 12.6. The second kappa shape index (κ2) is 4.97. The third kappa shape index (κ3) is 1.99. The van der Waals surface area contributed by atoms with Gasteiger partial charge in [-0.25, -0.2) is 9.67 Å². The van der Waals surface area contributed by atoms with Crippen LogP contribution in [0, 0.1) is 6.92 Å². The number of fused-ring (bicyclic) bond motifs is 1. The van der Waals surface area contributed by atoms with E-state index in [4.69, 9.17) is 4.42 Å². The van der Waals surface area contributed by atoms with Gasteiger partial charge in [-0.3, -0.25) is 4.57 Å². The first-order chi connectivity index (χ1) is 10.8. The van der Waals surface area contributed by atoms with E-state index >= 15 is 0 Å². The predicted octanol–water partition coefficient (Wildman–Crippen LogP) is 1.48. The first kappa shape index (κ1) is 13.1. The molecule has 0 aliphatic carbocycles. The minimum atomic E-state index is 0.699. The van der Waals surface area contributed by atoms with Gasteiger partial charge in [0.1, 0.15) is 17.9 Å². The van der Waals surface area contributed by atoms with Gasteiger partial charge in [-0.15, -0.1) is 10.2 Å². The SMILES string of the molecule is CCn1c(-c2ccoc2)nnc1N1CCn2nc(C)nc2C1. The lowest BCUT2D eigenvalue weighted by atomic mass is 10.3. The van der Waals surface area contributed by atoms with Gasteiger partial charge < -0.3 is 9.32 Å². The molecule has 0 aromatic carbocycles. The number of nitrogens with zero attached hydrogens (tertiary/aromatic N) is 7. The maximum absolute atomic E-state index is 5.16. The van der Waals surface area contributed by atoms with Gasteiger partial charge in [-0.2, -0.15) is 5.10 Å². The van der Waals surface area contributed by atoms with Crippen LogP contribution in [-0.4, -0.2) is 36.1 Å². The largest absolute Gasteiger partial charge is 0.472 e. The summed E-state index contributed by atoms with van der Waals surface area (Å²) in [6, 6.07) is 1.90. The number of hydrogen-bond acceptors (Lipinski definition) is 6. The van der Waals surface area contributed by atoms with Crippen LogP contribution in [0.2, 0.25) is 0 Å². The highest BCUT2D eigenvalue weighted by Crippen LogP contribution is 2.25. The molecule has 1 aliphatic heterocycles. The molecule has 22 heavy (non-hydrogen) atoms. The van der Waals surface area contributed by atoms with Crippen LogP contribution in [0.25, 0.3) is 11.4 Å². The standard InChI is InChI=1S/C14H17N7O/c1-3-20-13(11-4-7-22-9-11)16-17-14(20)19-5-6-21-12(8-19)15-10(2)18-21/h4,7,9H,3,5-6,8H2,1-2H3. The lowest BCUT2D eigenvalue weighted by Crippen LogP contribution is -2.36. The lowest BCUT2D eigenvalue weighted by molar-refractivity contribution is 0.500. The van der Waals surface area contributed by atoms with Crippen molar-refractivity contribution in [2.75, 3.05) is 11.4 Å². The van der Waals surface area contributed by atoms with E-state index in [1.165, 1.54) is 0 Å². The average Bonchev–Trinajstić information content (AvgIpc) is 3.23. The average molecular weight is 299 g/mol. The number of aryl methyl sites for hydroxylation is 1. The summed E-state index contributed by atoms with van der Waals surface area (Å²) in [5.41, 5.74) is 0.941. The van der Waals surface area contributed by atoms with Crippen LogP contribution in [0.4, 0.5) is 5.95 Å². The number of aromatic nitrogens is 6. The molecule has 114 valence electrons. The molecule has 0 spiro atoms. The van der Waals surface area contributed by atoms with Gasteiger partial charge in [0, 0.05) is 13.1 Å². The van der Waals surface area contributed by atoms with Gasteiger partial charge in [0.2, 0.25) is 5.95 Å². The van der Waals surface area contributed by atoms with Crippen molar-refractivity contribution in [1.29, 1.82) is 0 Å². The quantitative estimate of drug-likeness (QED) is 0.729. The molecule has 1 aliphatic rings. The Kier molecular flexibility index (Phi) is 2.95. The van der Waals surface area contributed by atoms with Crippen LogP contribution >= 0.6 is 0 Å². The lowest BCUT2D eigenvalue weighted by Gasteiger charge is -2.27. The Hall–Kier alpha value is -2.64. The highest BCUT2D eigenvalue weighted by atomic mass is 16.3. The summed E-state index contributed by atoms with van der Waals surface area (Å²) in [7, 11) is 0. The predicted molar refractivity (Wildman–Crippen MR) is 79.2 cm³/mol. The molecule has 4 rings (SSSR count). The normalized spacial score (nSPS) is 14.4. The van der Waals surface area contributed by atoms with Crippen LogP contribution in [0.15, 0.2) is 23.0 Å². The van der Waals surface area contributed by atoms with Gasteiger partial charge in [-0.05, 0) is 19.9 Å². The van der Waals surface area contributed by atoms with Gasteiger partial charge >= 0.3 is 0 Å². The second-order valence-electron chi connectivity index (χ2n) is 5.30. The minimum Gasteiger partial charge on any atom is -0.472 e. The summed E-state index contributed by atoms with van der Waals surface area (Å²) >= 11 is 0. The third-order valence-corrected chi connectivity index (χ3v) is 3.88. The van der Waals surface area contributed by atoms with Crippen molar-refractivity contribution in [3.8, 4) is 11.4 Å². The maximum atomic E-state index is 5.16. The molecule has 3 aromatic rings. The van der Waals surface area contributed by atoms with Crippen LogP contribution in [0.5, 0.6) is 0 Å². The van der Waals surface area contributed by atoms with E-state index in [1.54, 1.807) is 12.5 Å². The molecule has 8 heteroatoms. The highest BCUT2D eigenvalue weighted by Gasteiger charge is 2.24. The summed E-state index contributed by atoms with van der Waals surface area (Å²) in [4.78, 5) is 6.67. The molecule has 0 amide bonds. The second-order valence-corrected chi connectivity index (χ2v) is 5.30. The molecule has 0 unspecified atom stereocenters. The molecule has 3 aromatic heterocycles. The highest BCUT2D eigenvalue weighted by molar-refractivity contribution is 5.56. The topological polar surface area (TPSA) is 77.8 Å². The van der Waals surface area contributed by atoms with E-state index < -0.39 is 0 Å².